The van der Waals surface area contributed by atoms with Crippen molar-refractivity contribution in [3.05, 3.63) is 54.1 Å². The van der Waals surface area contributed by atoms with Crippen molar-refractivity contribution in [3.63, 3.8) is 0 Å². The SMILES string of the molecule is CN(C)c1cccc(NC(=O)c2cccnc2F)c1. The zero-order valence-electron chi connectivity index (χ0n) is 10.7. The largest absolute Gasteiger partial charge is 0.378 e. The number of amides is 1. The van der Waals surface area contributed by atoms with Gasteiger partial charge < -0.3 is 10.2 Å². The standard InChI is InChI=1S/C14H14FN3O/c1-18(2)11-6-3-5-10(9-11)17-14(19)12-7-4-8-16-13(12)15/h3-9H,1-2H3,(H,17,19). The van der Waals surface area contributed by atoms with E-state index in [-0.39, 0.29) is 5.56 Å². The van der Waals surface area contributed by atoms with E-state index in [2.05, 4.69) is 10.3 Å². The van der Waals surface area contributed by atoms with E-state index < -0.39 is 11.9 Å². The molecular weight excluding hydrogens is 245 g/mol. The second-order valence-electron chi connectivity index (χ2n) is 4.24. The van der Waals surface area contributed by atoms with Crippen LogP contribution in [-0.2, 0) is 0 Å². The molecule has 0 spiro atoms. The molecule has 0 fully saturated rings. The first-order chi connectivity index (χ1) is 9.08. The van der Waals surface area contributed by atoms with Gasteiger partial charge in [0.2, 0.25) is 5.95 Å². The van der Waals surface area contributed by atoms with Crippen LogP contribution in [-0.4, -0.2) is 25.0 Å². The monoisotopic (exact) mass is 259 g/mol. The van der Waals surface area contributed by atoms with Crippen molar-refractivity contribution in [1.29, 1.82) is 0 Å². The van der Waals surface area contributed by atoms with Crippen molar-refractivity contribution < 1.29 is 9.18 Å². The van der Waals surface area contributed by atoms with Crippen LogP contribution in [0.4, 0.5) is 15.8 Å². The summed E-state index contributed by atoms with van der Waals surface area (Å²) < 4.78 is 13.4. The van der Waals surface area contributed by atoms with E-state index in [1.807, 2.05) is 37.2 Å². The van der Waals surface area contributed by atoms with Gasteiger partial charge in [-0.1, -0.05) is 6.07 Å². The van der Waals surface area contributed by atoms with Crippen molar-refractivity contribution in [1.82, 2.24) is 4.98 Å². The van der Waals surface area contributed by atoms with Gasteiger partial charge in [-0.05, 0) is 30.3 Å². The summed E-state index contributed by atoms with van der Waals surface area (Å²) in [5, 5.41) is 2.65. The maximum atomic E-state index is 13.4. The van der Waals surface area contributed by atoms with Crippen LogP contribution in [0.15, 0.2) is 42.6 Å². The fraction of sp³-hybridized carbons (Fsp3) is 0.143. The van der Waals surface area contributed by atoms with E-state index in [1.165, 1.54) is 18.3 Å². The third-order valence-corrected chi connectivity index (χ3v) is 2.62. The van der Waals surface area contributed by atoms with Crippen LogP contribution >= 0.6 is 0 Å². The predicted octanol–water partition coefficient (Wildman–Crippen LogP) is 2.54. The summed E-state index contributed by atoms with van der Waals surface area (Å²) in [6.07, 6.45) is 1.30. The van der Waals surface area contributed by atoms with Crippen LogP contribution < -0.4 is 10.2 Å². The molecule has 5 heteroatoms. The third kappa shape index (κ3) is 3.07. The van der Waals surface area contributed by atoms with Gasteiger partial charge >= 0.3 is 0 Å². The first kappa shape index (κ1) is 13.0. The van der Waals surface area contributed by atoms with Crippen molar-refractivity contribution in [2.45, 2.75) is 0 Å². The second-order valence-corrected chi connectivity index (χ2v) is 4.24. The molecule has 0 atom stereocenters. The average molecular weight is 259 g/mol. The summed E-state index contributed by atoms with van der Waals surface area (Å²) in [4.78, 5) is 17.3. The van der Waals surface area contributed by atoms with E-state index in [0.29, 0.717) is 5.69 Å². The van der Waals surface area contributed by atoms with Gasteiger partial charge in [0, 0.05) is 31.7 Å². The highest BCUT2D eigenvalue weighted by molar-refractivity contribution is 6.04. The number of pyridine rings is 1. The zero-order chi connectivity index (χ0) is 13.8. The topological polar surface area (TPSA) is 45.2 Å². The highest BCUT2D eigenvalue weighted by Crippen LogP contribution is 2.18. The molecule has 0 saturated carbocycles. The number of anilines is 2. The summed E-state index contributed by atoms with van der Waals surface area (Å²) in [5.74, 6) is -1.29. The average Bonchev–Trinajstić information content (AvgIpc) is 2.39. The van der Waals surface area contributed by atoms with E-state index in [4.69, 9.17) is 0 Å². The maximum Gasteiger partial charge on any atom is 0.260 e. The number of halogens is 1. The molecule has 0 bridgehead atoms. The number of aromatic nitrogens is 1. The highest BCUT2D eigenvalue weighted by atomic mass is 19.1. The Kier molecular flexibility index (Phi) is 3.75. The number of benzene rings is 1. The molecule has 1 aromatic carbocycles. The second kappa shape index (κ2) is 5.48. The number of hydrogen-bond acceptors (Lipinski definition) is 3. The van der Waals surface area contributed by atoms with Crippen LogP contribution in [0, 0.1) is 5.95 Å². The van der Waals surface area contributed by atoms with Crippen LogP contribution in [0.3, 0.4) is 0 Å². The Morgan fingerprint density at radius 3 is 2.74 bits per heavy atom. The molecule has 1 amide bonds. The van der Waals surface area contributed by atoms with Gasteiger partial charge in [0.15, 0.2) is 0 Å². The molecular formula is C14H14FN3O. The van der Waals surface area contributed by atoms with Gasteiger partial charge in [-0.25, -0.2) is 4.98 Å². The van der Waals surface area contributed by atoms with Crippen LogP contribution in [0.2, 0.25) is 0 Å². The molecule has 1 heterocycles. The van der Waals surface area contributed by atoms with E-state index in [0.717, 1.165) is 5.69 Å². The van der Waals surface area contributed by atoms with Crippen molar-refractivity contribution in [3.8, 4) is 0 Å². The van der Waals surface area contributed by atoms with Gasteiger partial charge in [0.25, 0.3) is 5.91 Å². The third-order valence-electron chi connectivity index (χ3n) is 2.62. The maximum absolute atomic E-state index is 13.4. The quantitative estimate of drug-likeness (QED) is 0.861. The molecule has 0 saturated heterocycles. The molecule has 98 valence electrons. The molecule has 0 unspecified atom stereocenters. The van der Waals surface area contributed by atoms with Crippen LogP contribution in [0.5, 0.6) is 0 Å². The fourth-order valence-electron chi connectivity index (χ4n) is 1.62. The molecule has 0 aliphatic rings. The molecule has 19 heavy (non-hydrogen) atoms. The lowest BCUT2D eigenvalue weighted by Crippen LogP contribution is -2.15. The number of hydrogen-bond donors (Lipinski definition) is 1. The summed E-state index contributed by atoms with van der Waals surface area (Å²) in [6, 6.07) is 10.2. The highest BCUT2D eigenvalue weighted by Gasteiger charge is 2.12. The lowest BCUT2D eigenvalue weighted by molar-refractivity contribution is 0.102. The molecule has 0 radical (unpaired) electrons. The zero-order valence-corrected chi connectivity index (χ0v) is 10.7. The van der Waals surface area contributed by atoms with Gasteiger partial charge in [-0.2, -0.15) is 4.39 Å². The van der Waals surface area contributed by atoms with E-state index >= 15 is 0 Å². The first-order valence-corrected chi connectivity index (χ1v) is 5.77. The van der Waals surface area contributed by atoms with Gasteiger partial charge in [0.05, 0.1) is 5.56 Å². The molecule has 1 aromatic heterocycles. The summed E-state index contributed by atoms with van der Waals surface area (Å²) in [7, 11) is 3.81. The Morgan fingerprint density at radius 2 is 2.05 bits per heavy atom. The van der Waals surface area contributed by atoms with E-state index in [1.54, 1.807) is 6.07 Å². The Labute approximate surface area is 110 Å². The van der Waals surface area contributed by atoms with Gasteiger partial charge in [-0.3, -0.25) is 4.79 Å². The van der Waals surface area contributed by atoms with Crippen molar-refractivity contribution in [2.75, 3.05) is 24.3 Å². The van der Waals surface area contributed by atoms with Crippen LogP contribution in [0.25, 0.3) is 0 Å². The molecule has 2 rings (SSSR count). The number of carbonyl (C=O) groups excluding carboxylic acids is 1. The number of nitrogens with zero attached hydrogens (tertiary/aromatic N) is 2. The van der Waals surface area contributed by atoms with Crippen LogP contribution in [0.1, 0.15) is 10.4 Å². The summed E-state index contributed by atoms with van der Waals surface area (Å²) in [6.45, 7) is 0. The predicted molar refractivity (Wildman–Crippen MR) is 72.9 cm³/mol. The summed E-state index contributed by atoms with van der Waals surface area (Å²) >= 11 is 0. The Hall–Kier alpha value is -2.43. The smallest absolute Gasteiger partial charge is 0.260 e. The molecule has 0 aliphatic heterocycles. The number of rotatable bonds is 3. The number of nitrogens with one attached hydrogen (secondary N) is 1. The first-order valence-electron chi connectivity index (χ1n) is 5.77. The van der Waals surface area contributed by atoms with Crippen molar-refractivity contribution in [2.24, 2.45) is 0 Å². The van der Waals surface area contributed by atoms with Gasteiger partial charge in [-0.15, -0.1) is 0 Å². The Bertz CT molecular complexity index is 599. The summed E-state index contributed by atoms with van der Waals surface area (Å²) in [5.41, 5.74) is 1.49. The fourth-order valence-corrected chi connectivity index (χ4v) is 1.62. The van der Waals surface area contributed by atoms with Crippen molar-refractivity contribution >= 4 is 17.3 Å². The molecule has 2 aromatic rings. The minimum absolute atomic E-state index is 0.0715. The Morgan fingerprint density at radius 1 is 1.26 bits per heavy atom. The molecule has 0 aliphatic carbocycles. The van der Waals surface area contributed by atoms with E-state index in [9.17, 15) is 9.18 Å². The Balaban J connectivity index is 2.20. The lowest BCUT2D eigenvalue weighted by Gasteiger charge is -2.14. The minimum Gasteiger partial charge on any atom is -0.378 e. The number of carbonyl (C=O) groups is 1. The minimum atomic E-state index is -0.774. The molecule has 1 N–H and O–H groups in total. The lowest BCUT2D eigenvalue weighted by atomic mass is 10.2. The molecule has 4 nitrogen and oxygen atoms in total. The van der Waals surface area contributed by atoms with Gasteiger partial charge in [0.1, 0.15) is 0 Å². The normalized spacial score (nSPS) is 10.1.